The Morgan fingerprint density at radius 1 is 1.28 bits per heavy atom. The van der Waals surface area contributed by atoms with Gasteiger partial charge >= 0.3 is 12.1 Å². The molecule has 25 heavy (non-hydrogen) atoms. The van der Waals surface area contributed by atoms with Crippen molar-refractivity contribution in [3.63, 3.8) is 0 Å². The fourth-order valence-corrected chi connectivity index (χ4v) is 3.59. The molecule has 6 nitrogen and oxygen atoms in total. The minimum absolute atomic E-state index is 0.0325. The van der Waals surface area contributed by atoms with E-state index in [0.717, 1.165) is 12.8 Å². The Kier molecular flexibility index (Phi) is 4.92. The van der Waals surface area contributed by atoms with Gasteiger partial charge < -0.3 is 14.2 Å². The third-order valence-corrected chi connectivity index (χ3v) is 4.85. The van der Waals surface area contributed by atoms with E-state index < -0.39 is 24.2 Å². The molecule has 0 spiro atoms. The first-order chi connectivity index (χ1) is 12.0. The van der Waals surface area contributed by atoms with Crippen molar-refractivity contribution < 1.29 is 28.2 Å². The van der Waals surface area contributed by atoms with Crippen LogP contribution in [-0.4, -0.2) is 25.5 Å². The number of methoxy groups -OCH3 is 1. The lowest BCUT2D eigenvalue weighted by Gasteiger charge is -2.34. The van der Waals surface area contributed by atoms with Crippen LogP contribution in [0.4, 0.5) is 14.9 Å². The number of carbonyl (C=O) groups is 2. The molecule has 1 aromatic rings. The van der Waals surface area contributed by atoms with Crippen LogP contribution in [0, 0.1) is 23.6 Å². The summed E-state index contributed by atoms with van der Waals surface area (Å²) >= 11 is 0. The SMILES string of the molecule is COC(=O)C1=COC(OC(=O)Nc2ccccc2F)C2C(C)CCC12. The van der Waals surface area contributed by atoms with E-state index in [1.165, 1.54) is 31.6 Å². The maximum atomic E-state index is 13.6. The van der Waals surface area contributed by atoms with E-state index in [1.807, 2.05) is 6.92 Å². The minimum atomic E-state index is -0.831. The number of fused-ring (bicyclic) bond motifs is 1. The van der Waals surface area contributed by atoms with E-state index in [4.69, 9.17) is 14.2 Å². The summed E-state index contributed by atoms with van der Waals surface area (Å²) < 4.78 is 29.3. The summed E-state index contributed by atoms with van der Waals surface area (Å²) in [5.74, 6) is -1.00. The van der Waals surface area contributed by atoms with Gasteiger partial charge in [0.2, 0.25) is 6.29 Å². The van der Waals surface area contributed by atoms with E-state index in [9.17, 15) is 14.0 Å². The molecule has 3 rings (SSSR count). The zero-order valence-corrected chi connectivity index (χ0v) is 14.0. The average molecular weight is 349 g/mol. The van der Waals surface area contributed by atoms with Gasteiger partial charge in [0.15, 0.2) is 0 Å². The number of carbonyl (C=O) groups excluding carboxylic acids is 2. The maximum Gasteiger partial charge on any atom is 0.414 e. The molecule has 0 saturated heterocycles. The van der Waals surface area contributed by atoms with Crippen LogP contribution in [0.5, 0.6) is 0 Å². The Labute approximate surface area is 144 Å². The molecule has 1 N–H and O–H groups in total. The Balaban J connectivity index is 1.72. The highest BCUT2D eigenvalue weighted by Crippen LogP contribution is 2.46. The van der Waals surface area contributed by atoms with Crippen molar-refractivity contribution in [2.24, 2.45) is 17.8 Å². The lowest BCUT2D eigenvalue weighted by Crippen LogP contribution is -2.39. The summed E-state index contributed by atoms with van der Waals surface area (Å²) in [5.41, 5.74) is 0.497. The number of halogens is 1. The molecule has 1 heterocycles. The molecule has 134 valence electrons. The fraction of sp³-hybridized carbons (Fsp3) is 0.444. The van der Waals surface area contributed by atoms with Gasteiger partial charge in [-0.1, -0.05) is 19.1 Å². The number of benzene rings is 1. The number of hydrogen-bond donors (Lipinski definition) is 1. The predicted molar refractivity (Wildman–Crippen MR) is 86.9 cm³/mol. The Morgan fingerprint density at radius 3 is 2.76 bits per heavy atom. The molecule has 1 saturated carbocycles. The molecule has 1 amide bonds. The van der Waals surface area contributed by atoms with E-state index in [2.05, 4.69) is 5.32 Å². The van der Waals surface area contributed by atoms with Crippen LogP contribution >= 0.6 is 0 Å². The molecule has 4 atom stereocenters. The van der Waals surface area contributed by atoms with Crippen LogP contribution < -0.4 is 5.32 Å². The van der Waals surface area contributed by atoms with E-state index in [1.54, 1.807) is 6.07 Å². The first kappa shape index (κ1) is 17.3. The van der Waals surface area contributed by atoms with Crippen molar-refractivity contribution in [3.05, 3.63) is 41.9 Å². The van der Waals surface area contributed by atoms with Crippen molar-refractivity contribution in [3.8, 4) is 0 Å². The molecule has 0 aromatic heterocycles. The van der Waals surface area contributed by atoms with E-state index >= 15 is 0 Å². The van der Waals surface area contributed by atoms with Gasteiger partial charge in [-0.25, -0.2) is 14.0 Å². The summed E-state index contributed by atoms with van der Waals surface area (Å²) in [6.07, 6.45) is 1.37. The number of anilines is 1. The summed E-state index contributed by atoms with van der Waals surface area (Å²) in [4.78, 5) is 24.0. The lowest BCUT2D eigenvalue weighted by atomic mass is 9.83. The zero-order valence-electron chi connectivity index (χ0n) is 14.0. The number of para-hydroxylation sites is 1. The highest BCUT2D eigenvalue weighted by molar-refractivity contribution is 5.89. The van der Waals surface area contributed by atoms with Gasteiger partial charge in [-0.15, -0.1) is 0 Å². The van der Waals surface area contributed by atoms with Gasteiger partial charge in [-0.2, -0.15) is 0 Å². The fourth-order valence-electron chi connectivity index (χ4n) is 3.59. The summed E-state index contributed by atoms with van der Waals surface area (Å²) in [6, 6.07) is 5.82. The van der Waals surface area contributed by atoms with Crippen LogP contribution in [0.25, 0.3) is 0 Å². The Morgan fingerprint density at radius 2 is 2.04 bits per heavy atom. The molecular formula is C18H20FNO5. The molecule has 4 unspecified atom stereocenters. The van der Waals surface area contributed by atoms with Gasteiger partial charge in [0.1, 0.15) is 5.82 Å². The number of ether oxygens (including phenoxy) is 3. The lowest BCUT2D eigenvalue weighted by molar-refractivity contribution is -0.144. The molecular weight excluding hydrogens is 329 g/mol. The zero-order chi connectivity index (χ0) is 18.0. The van der Waals surface area contributed by atoms with Crippen molar-refractivity contribution in [2.75, 3.05) is 12.4 Å². The standard InChI is InChI=1S/C18H20FNO5/c1-10-7-8-11-12(16(21)23-2)9-24-17(15(10)11)25-18(22)20-14-6-4-3-5-13(14)19/h3-6,9-11,15,17H,7-8H2,1-2H3,(H,20,22). The third kappa shape index (κ3) is 3.45. The van der Waals surface area contributed by atoms with Gasteiger partial charge in [0, 0.05) is 11.8 Å². The predicted octanol–water partition coefficient (Wildman–Crippen LogP) is 3.45. The topological polar surface area (TPSA) is 73.9 Å². The molecule has 0 bridgehead atoms. The molecule has 2 aliphatic rings. The second kappa shape index (κ2) is 7.13. The number of rotatable bonds is 3. The quantitative estimate of drug-likeness (QED) is 0.846. The number of esters is 1. The average Bonchev–Trinajstić information content (AvgIpc) is 2.99. The van der Waals surface area contributed by atoms with Crippen molar-refractivity contribution in [1.29, 1.82) is 0 Å². The molecule has 1 aliphatic heterocycles. The minimum Gasteiger partial charge on any atom is -0.466 e. The summed E-state index contributed by atoms with van der Waals surface area (Å²) in [7, 11) is 1.32. The largest absolute Gasteiger partial charge is 0.466 e. The van der Waals surface area contributed by atoms with Gasteiger partial charge in [0.05, 0.1) is 24.6 Å². The number of nitrogens with one attached hydrogen (secondary N) is 1. The first-order valence-corrected chi connectivity index (χ1v) is 8.17. The van der Waals surface area contributed by atoms with Crippen LogP contribution in [0.3, 0.4) is 0 Å². The van der Waals surface area contributed by atoms with Crippen LogP contribution in [0.1, 0.15) is 19.8 Å². The normalized spacial score (nSPS) is 27.6. The molecule has 7 heteroatoms. The van der Waals surface area contributed by atoms with Crippen LogP contribution in [-0.2, 0) is 19.0 Å². The van der Waals surface area contributed by atoms with Gasteiger partial charge in [-0.05, 0) is 30.9 Å². The Hall–Kier alpha value is -2.57. The molecule has 1 aromatic carbocycles. The monoisotopic (exact) mass is 349 g/mol. The van der Waals surface area contributed by atoms with Gasteiger partial charge in [0.25, 0.3) is 0 Å². The Bertz CT molecular complexity index is 704. The number of amides is 1. The molecule has 1 fully saturated rings. The number of hydrogen-bond acceptors (Lipinski definition) is 5. The molecule has 1 aliphatic carbocycles. The van der Waals surface area contributed by atoms with Crippen LogP contribution in [0.2, 0.25) is 0 Å². The summed E-state index contributed by atoms with van der Waals surface area (Å²) in [6.45, 7) is 2.03. The van der Waals surface area contributed by atoms with E-state index in [0.29, 0.717) is 5.57 Å². The van der Waals surface area contributed by atoms with Crippen LogP contribution in [0.15, 0.2) is 36.1 Å². The summed E-state index contributed by atoms with van der Waals surface area (Å²) in [5, 5.41) is 2.37. The van der Waals surface area contributed by atoms with Crippen molar-refractivity contribution in [2.45, 2.75) is 26.1 Å². The highest BCUT2D eigenvalue weighted by atomic mass is 19.1. The second-order valence-corrected chi connectivity index (χ2v) is 6.32. The van der Waals surface area contributed by atoms with E-state index in [-0.39, 0.29) is 23.4 Å². The third-order valence-electron chi connectivity index (χ3n) is 4.85. The maximum absolute atomic E-state index is 13.6. The second-order valence-electron chi connectivity index (χ2n) is 6.32. The van der Waals surface area contributed by atoms with Crippen molar-refractivity contribution >= 4 is 17.7 Å². The van der Waals surface area contributed by atoms with Crippen molar-refractivity contribution in [1.82, 2.24) is 0 Å². The highest BCUT2D eigenvalue weighted by Gasteiger charge is 2.48. The first-order valence-electron chi connectivity index (χ1n) is 8.17. The molecule has 0 radical (unpaired) electrons. The van der Waals surface area contributed by atoms with Gasteiger partial charge in [-0.3, -0.25) is 5.32 Å². The smallest absolute Gasteiger partial charge is 0.414 e.